The highest BCUT2D eigenvalue weighted by Crippen LogP contribution is 2.28. The Kier molecular flexibility index (Phi) is 5.58. The molecule has 3 N–H and O–H groups in total. The maximum absolute atomic E-state index is 11.7. The number of primary amides is 1. The molecule has 7 nitrogen and oxygen atoms in total. The molecule has 0 fully saturated rings. The van der Waals surface area contributed by atoms with Crippen LogP contribution in [-0.2, 0) is 13.0 Å². The summed E-state index contributed by atoms with van der Waals surface area (Å²) >= 11 is 1.68. The third kappa shape index (κ3) is 4.33. The molecule has 0 spiro atoms. The van der Waals surface area contributed by atoms with E-state index in [2.05, 4.69) is 33.5 Å². The third-order valence-corrected chi connectivity index (χ3v) is 6.40. The number of nitrogens with two attached hydrogens (primary N) is 1. The normalized spacial score (nSPS) is 11.1. The Hall–Kier alpha value is -4.04. The monoisotopic (exact) mass is 455 g/mol. The number of carbonyl (C=O) groups is 1. The van der Waals surface area contributed by atoms with Crippen molar-refractivity contribution >= 4 is 44.2 Å². The molecule has 5 aromatic rings. The summed E-state index contributed by atoms with van der Waals surface area (Å²) in [4.78, 5) is 25.1. The maximum Gasteiger partial charge on any atom is 0.250 e. The highest BCUT2D eigenvalue weighted by atomic mass is 32.1. The van der Waals surface area contributed by atoms with Crippen molar-refractivity contribution in [3.05, 3.63) is 88.7 Å². The van der Waals surface area contributed by atoms with Crippen LogP contribution in [0.25, 0.3) is 21.1 Å². The van der Waals surface area contributed by atoms with Crippen molar-refractivity contribution in [2.24, 2.45) is 5.73 Å². The van der Waals surface area contributed by atoms with Gasteiger partial charge in [0.15, 0.2) is 0 Å². The zero-order valence-corrected chi connectivity index (χ0v) is 18.7. The lowest BCUT2D eigenvalue weighted by Gasteiger charge is -2.10. The van der Waals surface area contributed by atoms with Crippen molar-refractivity contribution in [1.29, 1.82) is 0 Å². The van der Waals surface area contributed by atoms with Crippen molar-refractivity contribution in [1.82, 2.24) is 15.0 Å². The standard InChI is InChI=1S/C25H21N5O2S/c1-32-17-8-9-20-21(12-17)33-22(30-20)11-15-4-2-5-16(10-15)13-27-25-19-7-3-6-18(24(26)31)23(19)28-14-29-25/h2-10,12,14H,11,13H2,1H3,(H2,26,31)(H,27,28,29). The highest BCUT2D eigenvalue weighted by Gasteiger charge is 2.11. The first-order valence-corrected chi connectivity index (χ1v) is 11.2. The second-order valence-corrected chi connectivity index (χ2v) is 8.70. The summed E-state index contributed by atoms with van der Waals surface area (Å²) in [5, 5.41) is 5.18. The van der Waals surface area contributed by atoms with Crippen LogP contribution in [0, 0.1) is 0 Å². The predicted molar refractivity (Wildman–Crippen MR) is 131 cm³/mol. The van der Waals surface area contributed by atoms with Gasteiger partial charge in [-0.2, -0.15) is 0 Å². The molecular weight excluding hydrogens is 434 g/mol. The molecule has 0 saturated carbocycles. The van der Waals surface area contributed by atoms with Crippen LogP contribution in [0.1, 0.15) is 26.5 Å². The van der Waals surface area contributed by atoms with Gasteiger partial charge in [0.05, 0.1) is 33.4 Å². The van der Waals surface area contributed by atoms with Gasteiger partial charge in [-0.1, -0.05) is 30.3 Å². The van der Waals surface area contributed by atoms with E-state index in [4.69, 9.17) is 15.5 Å². The molecular formula is C25H21N5O2S. The molecule has 1 amide bonds. The van der Waals surface area contributed by atoms with Crippen molar-refractivity contribution in [2.75, 3.05) is 12.4 Å². The number of ether oxygens (including phenoxy) is 1. The number of hydrogen-bond acceptors (Lipinski definition) is 7. The largest absolute Gasteiger partial charge is 0.497 e. The second kappa shape index (κ2) is 8.84. The van der Waals surface area contributed by atoms with E-state index >= 15 is 0 Å². The first-order valence-electron chi connectivity index (χ1n) is 10.4. The molecule has 0 atom stereocenters. The molecule has 2 heterocycles. The Morgan fingerprint density at radius 3 is 2.76 bits per heavy atom. The average molecular weight is 456 g/mol. The van der Waals surface area contributed by atoms with Gasteiger partial charge in [0.25, 0.3) is 5.91 Å². The van der Waals surface area contributed by atoms with Crippen molar-refractivity contribution < 1.29 is 9.53 Å². The number of fused-ring (bicyclic) bond motifs is 2. The van der Waals surface area contributed by atoms with E-state index < -0.39 is 5.91 Å². The van der Waals surface area contributed by atoms with Crippen molar-refractivity contribution in [3.8, 4) is 5.75 Å². The first-order chi connectivity index (χ1) is 16.1. The van der Waals surface area contributed by atoms with Crippen molar-refractivity contribution in [2.45, 2.75) is 13.0 Å². The number of aromatic nitrogens is 3. The fourth-order valence-electron chi connectivity index (χ4n) is 3.79. The minimum absolute atomic E-state index is 0.383. The number of amides is 1. The minimum atomic E-state index is -0.508. The second-order valence-electron chi connectivity index (χ2n) is 7.58. The highest BCUT2D eigenvalue weighted by molar-refractivity contribution is 7.18. The summed E-state index contributed by atoms with van der Waals surface area (Å²) < 4.78 is 6.43. The quantitative estimate of drug-likeness (QED) is 0.373. The van der Waals surface area contributed by atoms with Gasteiger partial charge in [0.1, 0.15) is 17.9 Å². The number of benzene rings is 3. The smallest absolute Gasteiger partial charge is 0.250 e. The number of methoxy groups -OCH3 is 1. The van der Waals surface area contributed by atoms with Gasteiger partial charge in [0, 0.05) is 18.4 Å². The Morgan fingerprint density at radius 2 is 1.91 bits per heavy atom. The number of carbonyl (C=O) groups excluding carboxylic acids is 1. The van der Waals surface area contributed by atoms with Crippen molar-refractivity contribution in [3.63, 3.8) is 0 Å². The lowest BCUT2D eigenvalue weighted by atomic mass is 10.1. The van der Waals surface area contributed by atoms with E-state index in [1.54, 1.807) is 30.6 Å². The number of thiazole rings is 1. The number of para-hydroxylation sites is 1. The van der Waals surface area contributed by atoms with E-state index in [9.17, 15) is 4.79 Å². The summed E-state index contributed by atoms with van der Waals surface area (Å²) in [6, 6.07) is 19.7. The van der Waals surface area contributed by atoms with Gasteiger partial charge < -0.3 is 15.8 Å². The van der Waals surface area contributed by atoms with Crippen LogP contribution in [0.3, 0.4) is 0 Å². The fraction of sp³-hybridized carbons (Fsp3) is 0.120. The van der Waals surface area contributed by atoms with Gasteiger partial charge in [-0.25, -0.2) is 15.0 Å². The molecule has 33 heavy (non-hydrogen) atoms. The Morgan fingerprint density at radius 1 is 1.06 bits per heavy atom. The molecule has 2 aromatic heterocycles. The van der Waals surface area contributed by atoms with Crippen LogP contribution in [0.15, 0.2) is 67.0 Å². The summed E-state index contributed by atoms with van der Waals surface area (Å²) in [7, 11) is 1.67. The molecule has 0 radical (unpaired) electrons. The Bertz CT molecular complexity index is 1480. The van der Waals surface area contributed by atoms with Gasteiger partial charge in [-0.15, -0.1) is 11.3 Å². The first kappa shape index (κ1) is 20.8. The van der Waals surface area contributed by atoms with Crippen LogP contribution in [0.2, 0.25) is 0 Å². The molecule has 0 aliphatic carbocycles. The molecule has 0 aliphatic heterocycles. The lowest BCUT2D eigenvalue weighted by Crippen LogP contribution is -2.12. The predicted octanol–water partition coefficient (Wildman–Crippen LogP) is 4.55. The number of anilines is 1. The van der Waals surface area contributed by atoms with Gasteiger partial charge >= 0.3 is 0 Å². The average Bonchev–Trinajstić information content (AvgIpc) is 3.23. The van der Waals surface area contributed by atoms with Gasteiger partial charge in [-0.3, -0.25) is 4.79 Å². The third-order valence-electron chi connectivity index (χ3n) is 5.38. The molecule has 8 heteroatoms. The Balaban J connectivity index is 1.34. The lowest BCUT2D eigenvalue weighted by molar-refractivity contribution is 0.100. The van der Waals surface area contributed by atoms with Crippen LogP contribution in [-0.4, -0.2) is 28.0 Å². The van der Waals surface area contributed by atoms with Crippen LogP contribution < -0.4 is 15.8 Å². The summed E-state index contributed by atoms with van der Waals surface area (Å²) in [6.07, 6.45) is 2.20. The molecule has 0 saturated heterocycles. The van der Waals surface area contributed by atoms with Crippen LogP contribution in [0.4, 0.5) is 5.82 Å². The van der Waals surface area contributed by atoms with E-state index in [1.165, 1.54) is 11.9 Å². The fourth-order valence-corrected chi connectivity index (χ4v) is 4.82. The minimum Gasteiger partial charge on any atom is -0.497 e. The summed E-state index contributed by atoms with van der Waals surface area (Å²) in [5.74, 6) is 0.992. The van der Waals surface area contributed by atoms with Crippen LogP contribution in [0.5, 0.6) is 5.75 Å². The van der Waals surface area contributed by atoms with Gasteiger partial charge in [-0.05, 0) is 41.5 Å². The molecule has 3 aromatic carbocycles. The molecule has 0 bridgehead atoms. The SMILES string of the molecule is COc1ccc2nc(Cc3cccc(CNc4ncnc5c(C(N)=O)cccc45)c3)sc2c1. The molecule has 0 unspecified atom stereocenters. The number of nitrogens with one attached hydrogen (secondary N) is 1. The molecule has 164 valence electrons. The van der Waals surface area contributed by atoms with E-state index in [0.29, 0.717) is 23.4 Å². The van der Waals surface area contributed by atoms with E-state index in [0.717, 1.165) is 38.3 Å². The zero-order valence-electron chi connectivity index (χ0n) is 17.9. The van der Waals surface area contributed by atoms with E-state index in [-0.39, 0.29) is 0 Å². The van der Waals surface area contributed by atoms with E-state index in [1.807, 2.05) is 30.3 Å². The molecule has 0 aliphatic rings. The maximum atomic E-state index is 11.7. The summed E-state index contributed by atoms with van der Waals surface area (Å²) in [5.41, 5.74) is 9.70. The summed E-state index contributed by atoms with van der Waals surface area (Å²) in [6.45, 7) is 0.581. The van der Waals surface area contributed by atoms with Gasteiger partial charge in [0.2, 0.25) is 0 Å². The number of rotatable bonds is 7. The topological polar surface area (TPSA) is 103 Å². The Labute approximate surface area is 194 Å². The number of hydrogen-bond donors (Lipinski definition) is 2. The molecule has 5 rings (SSSR count). The van der Waals surface area contributed by atoms with Crippen LogP contribution >= 0.6 is 11.3 Å². The number of nitrogens with zero attached hydrogens (tertiary/aromatic N) is 3. The zero-order chi connectivity index (χ0) is 22.8.